The second-order valence-corrected chi connectivity index (χ2v) is 7.61. The summed E-state index contributed by atoms with van der Waals surface area (Å²) < 4.78 is 16.5. The van der Waals surface area contributed by atoms with Crippen LogP contribution in [-0.4, -0.2) is 32.6 Å². The van der Waals surface area contributed by atoms with Crippen LogP contribution in [0.3, 0.4) is 0 Å². The van der Waals surface area contributed by atoms with Crippen LogP contribution in [0, 0.1) is 6.92 Å². The molecule has 34 heavy (non-hydrogen) atoms. The van der Waals surface area contributed by atoms with E-state index in [1.54, 1.807) is 43.5 Å². The van der Waals surface area contributed by atoms with E-state index < -0.39 is 11.8 Å². The highest BCUT2D eigenvalue weighted by Gasteiger charge is 2.41. The molecule has 0 saturated carbocycles. The molecule has 3 aromatic carbocycles. The molecule has 0 unspecified atom stereocenters. The predicted molar refractivity (Wildman–Crippen MR) is 131 cm³/mol. The van der Waals surface area contributed by atoms with E-state index in [4.69, 9.17) is 14.2 Å². The van der Waals surface area contributed by atoms with Gasteiger partial charge >= 0.3 is 0 Å². The number of ether oxygens (including phenoxy) is 3. The maximum absolute atomic E-state index is 13.7. The molecule has 0 aliphatic carbocycles. The highest BCUT2D eigenvalue weighted by molar-refractivity contribution is 6.46. The molecule has 174 valence electrons. The fourth-order valence-corrected chi connectivity index (χ4v) is 3.92. The molecule has 0 aromatic heterocycles. The number of anilines is 2. The third-order valence-corrected chi connectivity index (χ3v) is 5.56. The molecular formula is C27H26N2O5. The van der Waals surface area contributed by atoms with Gasteiger partial charge in [0.05, 0.1) is 37.8 Å². The summed E-state index contributed by atoms with van der Waals surface area (Å²) in [6, 6.07) is 19.7. The third kappa shape index (κ3) is 4.08. The van der Waals surface area contributed by atoms with Gasteiger partial charge in [-0.25, -0.2) is 4.90 Å². The zero-order valence-electron chi connectivity index (χ0n) is 19.5. The number of hydrogen-bond acceptors (Lipinski definition) is 6. The van der Waals surface area contributed by atoms with E-state index in [0.717, 1.165) is 5.56 Å². The quantitative estimate of drug-likeness (QED) is 0.489. The summed E-state index contributed by atoms with van der Waals surface area (Å²) in [5.41, 5.74) is 2.86. The fraction of sp³-hybridized carbons (Fsp3) is 0.185. The molecule has 7 nitrogen and oxygen atoms in total. The third-order valence-electron chi connectivity index (χ3n) is 5.56. The van der Waals surface area contributed by atoms with Crippen molar-refractivity contribution in [3.8, 4) is 17.2 Å². The fourth-order valence-electron chi connectivity index (χ4n) is 3.92. The molecule has 1 aliphatic heterocycles. The Labute approximate surface area is 198 Å². The average Bonchev–Trinajstić information content (AvgIpc) is 3.09. The van der Waals surface area contributed by atoms with Crippen molar-refractivity contribution in [1.29, 1.82) is 0 Å². The first-order chi connectivity index (χ1) is 16.5. The van der Waals surface area contributed by atoms with Gasteiger partial charge < -0.3 is 19.5 Å². The molecule has 0 spiro atoms. The topological polar surface area (TPSA) is 77.1 Å². The molecule has 1 N–H and O–H groups in total. The summed E-state index contributed by atoms with van der Waals surface area (Å²) in [6.45, 7) is 4.21. The number of carbonyl (C=O) groups excluding carboxylic acids is 2. The first kappa shape index (κ1) is 22.9. The molecule has 1 heterocycles. The monoisotopic (exact) mass is 458 g/mol. The summed E-state index contributed by atoms with van der Waals surface area (Å²) in [4.78, 5) is 28.6. The Bertz CT molecular complexity index is 1280. The molecule has 7 heteroatoms. The number of imide groups is 1. The van der Waals surface area contributed by atoms with Crippen LogP contribution in [0.2, 0.25) is 0 Å². The van der Waals surface area contributed by atoms with Crippen molar-refractivity contribution >= 4 is 28.8 Å². The lowest BCUT2D eigenvalue weighted by Gasteiger charge is -2.18. The Kier molecular flexibility index (Phi) is 6.54. The molecule has 0 radical (unpaired) electrons. The van der Waals surface area contributed by atoms with E-state index in [1.165, 1.54) is 12.0 Å². The summed E-state index contributed by atoms with van der Waals surface area (Å²) in [5, 5.41) is 3.18. The predicted octanol–water partition coefficient (Wildman–Crippen LogP) is 4.81. The maximum Gasteiger partial charge on any atom is 0.282 e. The molecule has 2 amide bonds. The van der Waals surface area contributed by atoms with Crippen molar-refractivity contribution in [1.82, 2.24) is 0 Å². The Morgan fingerprint density at radius 2 is 1.53 bits per heavy atom. The van der Waals surface area contributed by atoms with Crippen LogP contribution in [0.5, 0.6) is 17.2 Å². The highest BCUT2D eigenvalue weighted by Crippen LogP contribution is 2.39. The molecule has 0 atom stereocenters. The molecule has 3 aromatic rings. The first-order valence-corrected chi connectivity index (χ1v) is 10.9. The van der Waals surface area contributed by atoms with E-state index in [2.05, 4.69) is 5.32 Å². The Morgan fingerprint density at radius 3 is 2.24 bits per heavy atom. The smallest absolute Gasteiger partial charge is 0.282 e. The van der Waals surface area contributed by atoms with Crippen LogP contribution in [0.1, 0.15) is 18.1 Å². The zero-order valence-corrected chi connectivity index (χ0v) is 19.5. The van der Waals surface area contributed by atoms with Crippen LogP contribution >= 0.6 is 0 Å². The van der Waals surface area contributed by atoms with Crippen molar-refractivity contribution in [3.05, 3.63) is 83.6 Å². The van der Waals surface area contributed by atoms with Crippen molar-refractivity contribution in [2.45, 2.75) is 13.8 Å². The highest BCUT2D eigenvalue weighted by atomic mass is 16.5. The second-order valence-electron chi connectivity index (χ2n) is 7.61. The van der Waals surface area contributed by atoms with E-state index in [1.807, 2.05) is 44.2 Å². The summed E-state index contributed by atoms with van der Waals surface area (Å²) in [7, 11) is 3.06. The number of aryl methyl sites for hydroxylation is 1. The van der Waals surface area contributed by atoms with Crippen molar-refractivity contribution in [2.75, 3.05) is 31.0 Å². The number of amides is 2. The molecule has 0 fully saturated rings. The number of benzene rings is 3. The standard InChI is InChI=1S/C27H26N2O5/c1-5-34-21-13-9-7-11-19(21)28-25-24(18-14-15-22(32-3)23(16-18)33-4)26(30)29(27(25)31)20-12-8-6-10-17(20)2/h6-16,28H,5H2,1-4H3. The number of nitrogens with zero attached hydrogens (tertiary/aromatic N) is 1. The lowest BCUT2D eigenvalue weighted by molar-refractivity contribution is -0.120. The number of carbonyl (C=O) groups is 2. The molecule has 4 rings (SSSR count). The van der Waals surface area contributed by atoms with Crippen LogP contribution in [0.4, 0.5) is 11.4 Å². The lowest BCUT2D eigenvalue weighted by atomic mass is 10.0. The first-order valence-electron chi connectivity index (χ1n) is 10.9. The van der Waals surface area contributed by atoms with Gasteiger partial charge in [-0.2, -0.15) is 0 Å². The lowest BCUT2D eigenvalue weighted by Crippen LogP contribution is -2.33. The van der Waals surface area contributed by atoms with E-state index in [0.29, 0.717) is 40.8 Å². The summed E-state index contributed by atoms with van der Waals surface area (Å²) >= 11 is 0. The van der Waals surface area contributed by atoms with Gasteiger partial charge in [-0.3, -0.25) is 9.59 Å². The van der Waals surface area contributed by atoms with Crippen LogP contribution in [0.25, 0.3) is 5.57 Å². The van der Waals surface area contributed by atoms with Gasteiger partial charge in [0.25, 0.3) is 11.8 Å². The van der Waals surface area contributed by atoms with Gasteiger partial charge in [-0.1, -0.05) is 36.4 Å². The normalized spacial score (nSPS) is 13.4. The van der Waals surface area contributed by atoms with Crippen LogP contribution < -0.4 is 24.4 Å². The van der Waals surface area contributed by atoms with Crippen molar-refractivity contribution < 1.29 is 23.8 Å². The number of hydrogen-bond donors (Lipinski definition) is 1. The molecule has 0 bridgehead atoms. The average molecular weight is 459 g/mol. The molecule has 0 saturated heterocycles. The van der Waals surface area contributed by atoms with Crippen molar-refractivity contribution in [3.63, 3.8) is 0 Å². The van der Waals surface area contributed by atoms with Gasteiger partial charge in [-0.15, -0.1) is 0 Å². The van der Waals surface area contributed by atoms with Gasteiger partial charge in [0, 0.05) is 0 Å². The Balaban J connectivity index is 1.88. The SMILES string of the molecule is CCOc1ccccc1NC1=C(c2ccc(OC)c(OC)c2)C(=O)N(c2ccccc2C)C1=O. The second kappa shape index (κ2) is 9.70. The van der Waals surface area contributed by atoms with Gasteiger partial charge in [0.2, 0.25) is 0 Å². The van der Waals surface area contributed by atoms with E-state index in [-0.39, 0.29) is 11.3 Å². The van der Waals surface area contributed by atoms with Gasteiger partial charge in [-0.05, 0) is 55.3 Å². The summed E-state index contributed by atoms with van der Waals surface area (Å²) in [5.74, 6) is 0.684. The number of para-hydroxylation sites is 3. The minimum Gasteiger partial charge on any atom is -0.493 e. The van der Waals surface area contributed by atoms with E-state index in [9.17, 15) is 9.59 Å². The largest absolute Gasteiger partial charge is 0.493 e. The van der Waals surface area contributed by atoms with E-state index >= 15 is 0 Å². The van der Waals surface area contributed by atoms with Crippen LogP contribution in [-0.2, 0) is 9.59 Å². The Hall–Kier alpha value is -4.26. The van der Waals surface area contributed by atoms with Crippen molar-refractivity contribution in [2.24, 2.45) is 0 Å². The maximum atomic E-state index is 13.7. The number of rotatable bonds is 8. The van der Waals surface area contributed by atoms with Crippen LogP contribution in [0.15, 0.2) is 72.4 Å². The Morgan fingerprint density at radius 1 is 0.824 bits per heavy atom. The molecule has 1 aliphatic rings. The zero-order chi connectivity index (χ0) is 24.2. The summed E-state index contributed by atoms with van der Waals surface area (Å²) in [6.07, 6.45) is 0. The minimum atomic E-state index is -0.449. The minimum absolute atomic E-state index is 0.160. The molecular weight excluding hydrogens is 432 g/mol. The van der Waals surface area contributed by atoms with Gasteiger partial charge in [0.1, 0.15) is 11.4 Å². The van der Waals surface area contributed by atoms with Gasteiger partial charge in [0.15, 0.2) is 11.5 Å². The number of nitrogens with one attached hydrogen (secondary N) is 1. The number of methoxy groups -OCH3 is 2.